The summed E-state index contributed by atoms with van der Waals surface area (Å²) in [6.45, 7) is 9.81. The van der Waals surface area contributed by atoms with Gasteiger partial charge in [-0.25, -0.2) is 13.6 Å². The number of nitro groups is 1. The van der Waals surface area contributed by atoms with Crippen molar-refractivity contribution in [2.75, 3.05) is 13.1 Å². The Morgan fingerprint density at radius 1 is 1.22 bits per heavy atom. The molecule has 0 aromatic heterocycles. The van der Waals surface area contributed by atoms with Crippen LogP contribution in [0.15, 0.2) is 24.3 Å². The molecule has 1 aromatic carbocycles. The van der Waals surface area contributed by atoms with E-state index in [1.807, 2.05) is 13.8 Å². The van der Waals surface area contributed by atoms with Crippen LogP contribution in [0.3, 0.4) is 0 Å². The van der Waals surface area contributed by atoms with E-state index in [1.54, 1.807) is 20.8 Å². The molecule has 2 rings (SSSR count). The molecule has 152 valence electrons. The number of nitro benzene ring substituents is 1. The van der Waals surface area contributed by atoms with Crippen LogP contribution >= 0.6 is 0 Å². The average molecular weight is 386 g/mol. The van der Waals surface area contributed by atoms with Gasteiger partial charge < -0.3 is 9.64 Å². The van der Waals surface area contributed by atoms with Crippen molar-refractivity contribution < 1.29 is 23.2 Å². The molecule has 0 bridgehead atoms. The molecule has 0 aliphatic carbocycles. The van der Waals surface area contributed by atoms with Crippen LogP contribution in [0.4, 0.5) is 19.3 Å². The molecule has 1 aromatic rings. The highest BCUT2D eigenvalue weighted by molar-refractivity contribution is 5.68. The number of carbonyl (C=O) groups excluding carboxylic acids is 1. The summed E-state index contributed by atoms with van der Waals surface area (Å²) in [4.78, 5) is 23.2. The highest BCUT2D eigenvalue weighted by atomic mass is 19.3. The highest BCUT2D eigenvalue weighted by Crippen LogP contribution is 2.46. The van der Waals surface area contributed by atoms with Crippen molar-refractivity contribution in [2.24, 2.45) is 0 Å². The Bertz CT molecular complexity index is 671. The van der Waals surface area contributed by atoms with Gasteiger partial charge in [0.25, 0.3) is 11.6 Å². The average Bonchev–Trinajstić information content (AvgIpc) is 2.57. The maximum Gasteiger partial charge on any atom is 0.410 e. The maximum atomic E-state index is 14.9. The Hall–Kier alpha value is -2.25. The van der Waals surface area contributed by atoms with E-state index in [-0.39, 0.29) is 18.7 Å². The van der Waals surface area contributed by atoms with Crippen molar-refractivity contribution in [3.63, 3.8) is 0 Å². The molecule has 1 unspecified atom stereocenters. The number of ether oxygens (including phenoxy) is 1. The second kappa shape index (κ2) is 8.19. The molecule has 0 saturated carbocycles. The predicted molar refractivity (Wildman–Crippen MR) is 99.2 cm³/mol. The first kappa shape index (κ1) is 22.8. The fraction of sp³-hybridized carbons (Fsp3) is 0.632. The maximum absolute atomic E-state index is 14.9. The molecule has 1 aliphatic heterocycles. The first-order valence-corrected chi connectivity index (χ1v) is 8.96. The van der Waals surface area contributed by atoms with Crippen LogP contribution < -0.4 is 0 Å². The number of hydrogen-bond donors (Lipinski definition) is 0. The van der Waals surface area contributed by atoms with Crippen molar-refractivity contribution in [1.29, 1.82) is 0 Å². The zero-order valence-corrected chi connectivity index (χ0v) is 16.7. The zero-order chi connectivity index (χ0) is 21.0. The third-order valence-electron chi connectivity index (χ3n) is 4.45. The Morgan fingerprint density at radius 2 is 1.74 bits per heavy atom. The molecular weight excluding hydrogens is 358 g/mol. The Balaban J connectivity index is 0.00000176. The molecule has 0 radical (unpaired) electrons. The van der Waals surface area contributed by atoms with Crippen LogP contribution in [0.25, 0.3) is 0 Å². The number of piperidine rings is 1. The molecule has 0 N–H and O–H groups in total. The number of amides is 1. The molecule has 27 heavy (non-hydrogen) atoms. The molecule has 8 heteroatoms. The Morgan fingerprint density at radius 3 is 2.15 bits per heavy atom. The molecule has 1 fully saturated rings. The summed E-state index contributed by atoms with van der Waals surface area (Å²) in [7, 11) is 0. The fourth-order valence-corrected chi connectivity index (χ4v) is 2.82. The van der Waals surface area contributed by atoms with Crippen LogP contribution in [0.1, 0.15) is 53.5 Å². The summed E-state index contributed by atoms with van der Waals surface area (Å²) < 4.78 is 34.9. The Kier molecular flexibility index (Phi) is 6.91. The third kappa shape index (κ3) is 5.14. The van der Waals surface area contributed by atoms with Gasteiger partial charge in [-0.3, -0.25) is 10.1 Å². The van der Waals surface area contributed by atoms with Crippen molar-refractivity contribution in [3.8, 4) is 0 Å². The van der Waals surface area contributed by atoms with E-state index in [0.29, 0.717) is 5.56 Å². The van der Waals surface area contributed by atoms with Crippen LogP contribution in [-0.2, 0) is 10.2 Å². The van der Waals surface area contributed by atoms with E-state index in [0.717, 1.165) is 4.90 Å². The van der Waals surface area contributed by atoms with Crippen molar-refractivity contribution in [1.82, 2.24) is 4.90 Å². The lowest BCUT2D eigenvalue weighted by atomic mass is 9.71. The highest BCUT2D eigenvalue weighted by Gasteiger charge is 2.55. The third-order valence-corrected chi connectivity index (χ3v) is 4.45. The summed E-state index contributed by atoms with van der Waals surface area (Å²) in [5.74, 6) is -3.20. The van der Waals surface area contributed by atoms with Gasteiger partial charge in [-0.05, 0) is 39.7 Å². The van der Waals surface area contributed by atoms with Crippen LogP contribution in [0.2, 0.25) is 0 Å². The monoisotopic (exact) mass is 386 g/mol. The van der Waals surface area contributed by atoms with Gasteiger partial charge in [0.1, 0.15) is 5.60 Å². The minimum atomic E-state index is -3.20. The molecule has 1 saturated heterocycles. The molecule has 1 heterocycles. The fourth-order valence-electron chi connectivity index (χ4n) is 2.82. The molecule has 1 aliphatic rings. The van der Waals surface area contributed by atoms with Gasteiger partial charge in [-0.2, -0.15) is 0 Å². The van der Waals surface area contributed by atoms with Crippen LogP contribution in [0.5, 0.6) is 0 Å². The lowest BCUT2D eigenvalue weighted by Crippen LogP contribution is -2.58. The number of rotatable bonds is 2. The lowest BCUT2D eigenvalue weighted by molar-refractivity contribution is -0.384. The summed E-state index contributed by atoms with van der Waals surface area (Å²) in [5, 5.41) is 10.7. The van der Waals surface area contributed by atoms with Crippen molar-refractivity contribution in [2.45, 2.75) is 64.9 Å². The minimum absolute atomic E-state index is 0.0249. The van der Waals surface area contributed by atoms with E-state index in [2.05, 4.69) is 0 Å². The summed E-state index contributed by atoms with van der Waals surface area (Å²) in [6, 6.07) is 5.15. The molecular formula is C19H28F2N2O4. The molecule has 0 spiro atoms. The predicted octanol–water partition coefficient (Wildman–Crippen LogP) is 5.15. The van der Waals surface area contributed by atoms with Crippen LogP contribution in [-0.4, -0.2) is 40.5 Å². The summed E-state index contributed by atoms with van der Waals surface area (Å²) >= 11 is 0. The normalized spacial score (nSPS) is 21.7. The van der Waals surface area contributed by atoms with E-state index >= 15 is 0 Å². The van der Waals surface area contributed by atoms with E-state index in [1.165, 1.54) is 31.2 Å². The summed E-state index contributed by atoms with van der Waals surface area (Å²) in [6.07, 6.45) is -0.741. The zero-order valence-electron chi connectivity index (χ0n) is 16.7. The standard InChI is InChI=1S/C17H22F2N2O4.C2H6/c1-15(2,3)25-14(22)20-10-9-16(4,17(18,19)11-20)12-5-7-13(8-6-12)21(23)24;1-2/h5-8H,9-11H2,1-4H3;1-2H3. The number of hydrogen-bond acceptors (Lipinski definition) is 4. The molecule has 1 amide bonds. The number of non-ortho nitro benzene ring substituents is 1. The second-order valence-electron chi connectivity index (χ2n) is 7.49. The van der Waals surface area contributed by atoms with Gasteiger partial charge in [0.15, 0.2) is 0 Å². The second-order valence-corrected chi connectivity index (χ2v) is 7.49. The van der Waals surface area contributed by atoms with Gasteiger partial charge in [-0.15, -0.1) is 0 Å². The van der Waals surface area contributed by atoms with E-state index in [4.69, 9.17) is 4.74 Å². The topological polar surface area (TPSA) is 72.7 Å². The van der Waals surface area contributed by atoms with Gasteiger partial charge >= 0.3 is 6.09 Å². The number of halogens is 2. The van der Waals surface area contributed by atoms with E-state index < -0.39 is 34.5 Å². The SMILES string of the molecule is CC.CC(C)(C)OC(=O)N1CCC(C)(c2ccc([N+](=O)[O-])cc2)C(F)(F)C1. The van der Waals surface area contributed by atoms with Gasteiger partial charge in [0, 0.05) is 18.7 Å². The quantitative estimate of drug-likeness (QED) is 0.520. The minimum Gasteiger partial charge on any atom is -0.444 e. The first-order chi connectivity index (χ1) is 12.4. The van der Waals surface area contributed by atoms with Gasteiger partial charge in [-0.1, -0.05) is 26.0 Å². The summed E-state index contributed by atoms with van der Waals surface area (Å²) in [5.41, 5.74) is -2.11. The smallest absolute Gasteiger partial charge is 0.410 e. The number of benzene rings is 1. The van der Waals surface area contributed by atoms with Crippen molar-refractivity contribution in [3.05, 3.63) is 39.9 Å². The first-order valence-electron chi connectivity index (χ1n) is 8.96. The number of nitrogens with zero attached hydrogens (tertiary/aromatic N) is 2. The number of likely N-dealkylation sites (tertiary alicyclic amines) is 1. The van der Waals surface area contributed by atoms with E-state index in [9.17, 15) is 23.7 Å². The molecule has 1 atom stereocenters. The Labute approximate surface area is 158 Å². The van der Waals surface area contributed by atoms with Crippen molar-refractivity contribution >= 4 is 11.8 Å². The largest absolute Gasteiger partial charge is 0.444 e. The van der Waals surface area contributed by atoms with Gasteiger partial charge in [0.2, 0.25) is 0 Å². The van der Waals surface area contributed by atoms with Gasteiger partial charge in [0.05, 0.1) is 16.9 Å². The molecule has 6 nitrogen and oxygen atoms in total. The number of carbonyl (C=O) groups is 1. The number of alkyl halides is 2. The lowest BCUT2D eigenvalue weighted by Gasteiger charge is -2.45. The van der Waals surface area contributed by atoms with Crippen LogP contribution in [0, 0.1) is 10.1 Å².